The molecule has 0 spiro atoms. The topological polar surface area (TPSA) is 57.4 Å². The van der Waals surface area contributed by atoms with Crippen LogP contribution in [-0.2, 0) is 15.9 Å². The van der Waals surface area contributed by atoms with Gasteiger partial charge in [0.25, 0.3) is 0 Å². The number of hydrogen-bond donors (Lipinski definition) is 1. The molecule has 1 fully saturated rings. The summed E-state index contributed by atoms with van der Waals surface area (Å²) in [5.41, 5.74) is 7.06. The Morgan fingerprint density at radius 3 is 3.19 bits per heavy atom. The molecule has 5 heteroatoms. The molecule has 1 aliphatic heterocycles. The molecule has 2 unspecified atom stereocenters. The third kappa shape index (κ3) is 2.79. The number of nitrogens with two attached hydrogens (primary N) is 1. The van der Waals surface area contributed by atoms with Gasteiger partial charge in [-0.15, -0.1) is 11.3 Å². The summed E-state index contributed by atoms with van der Waals surface area (Å²) in [6.07, 6.45) is 2.01. The van der Waals surface area contributed by atoms with E-state index in [4.69, 9.17) is 15.2 Å². The second kappa shape index (κ2) is 5.72. The third-order valence-corrected chi connectivity index (χ3v) is 3.74. The summed E-state index contributed by atoms with van der Waals surface area (Å²) >= 11 is 1.71. The molecular formula is C11H18N2O2S. The van der Waals surface area contributed by atoms with Crippen molar-refractivity contribution in [1.82, 2.24) is 4.98 Å². The van der Waals surface area contributed by atoms with E-state index in [9.17, 15) is 0 Å². The Morgan fingerprint density at radius 1 is 1.62 bits per heavy atom. The molecule has 2 N–H and O–H groups in total. The summed E-state index contributed by atoms with van der Waals surface area (Å²) in [5.74, 6) is 0.285. The van der Waals surface area contributed by atoms with Crippen LogP contribution >= 0.6 is 11.3 Å². The summed E-state index contributed by atoms with van der Waals surface area (Å²) in [4.78, 5) is 4.62. The predicted octanol–water partition coefficient (Wildman–Crippen LogP) is 1.16. The van der Waals surface area contributed by atoms with E-state index in [0.29, 0.717) is 13.2 Å². The number of rotatable bonds is 5. The maximum atomic E-state index is 5.96. The zero-order chi connectivity index (χ0) is 11.4. The number of aromatic nitrogens is 1. The normalized spacial score (nSPS) is 25.1. The van der Waals surface area contributed by atoms with Gasteiger partial charge in [-0.1, -0.05) is 0 Å². The molecule has 1 aromatic heterocycles. The predicted molar refractivity (Wildman–Crippen MR) is 63.8 cm³/mol. The molecule has 2 rings (SSSR count). The van der Waals surface area contributed by atoms with Crippen molar-refractivity contribution in [2.24, 2.45) is 5.73 Å². The highest BCUT2D eigenvalue weighted by atomic mass is 32.1. The lowest BCUT2D eigenvalue weighted by molar-refractivity contribution is 0.190. The van der Waals surface area contributed by atoms with Crippen LogP contribution in [0.25, 0.3) is 0 Å². The number of nitrogens with zero attached hydrogens (tertiary/aromatic N) is 1. The van der Waals surface area contributed by atoms with Gasteiger partial charge in [-0.25, -0.2) is 4.98 Å². The molecule has 0 aliphatic carbocycles. The Balaban J connectivity index is 1.91. The first-order chi connectivity index (χ1) is 7.81. The molecular weight excluding hydrogens is 224 g/mol. The number of hydrogen-bond acceptors (Lipinski definition) is 5. The second-order valence-corrected chi connectivity index (χ2v) is 5.01. The SMILES string of the molecule is COCCCc1nc(C2COCC2N)cs1. The van der Waals surface area contributed by atoms with Crippen molar-refractivity contribution in [2.45, 2.75) is 24.8 Å². The first-order valence-corrected chi connectivity index (χ1v) is 6.46. The van der Waals surface area contributed by atoms with Crippen LogP contribution in [-0.4, -0.2) is 38.0 Å². The van der Waals surface area contributed by atoms with Crippen LogP contribution in [0, 0.1) is 0 Å². The van der Waals surface area contributed by atoms with Gasteiger partial charge in [-0.3, -0.25) is 0 Å². The molecule has 0 bridgehead atoms. The van der Waals surface area contributed by atoms with Gasteiger partial charge in [0.1, 0.15) is 0 Å². The van der Waals surface area contributed by atoms with Crippen LogP contribution in [0.2, 0.25) is 0 Å². The fourth-order valence-electron chi connectivity index (χ4n) is 1.85. The van der Waals surface area contributed by atoms with Crippen molar-refractivity contribution in [2.75, 3.05) is 26.9 Å². The van der Waals surface area contributed by atoms with E-state index < -0.39 is 0 Å². The van der Waals surface area contributed by atoms with Gasteiger partial charge in [0.2, 0.25) is 0 Å². The second-order valence-electron chi connectivity index (χ2n) is 4.07. The van der Waals surface area contributed by atoms with Gasteiger partial charge in [0.15, 0.2) is 0 Å². The minimum absolute atomic E-state index is 0.105. The van der Waals surface area contributed by atoms with E-state index in [1.807, 2.05) is 0 Å². The van der Waals surface area contributed by atoms with E-state index in [0.717, 1.165) is 25.1 Å². The molecule has 4 nitrogen and oxygen atoms in total. The first kappa shape index (κ1) is 12.0. The number of ether oxygens (including phenoxy) is 2. The third-order valence-electron chi connectivity index (χ3n) is 2.81. The molecule has 0 radical (unpaired) electrons. The summed E-state index contributed by atoms with van der Waals surface area (Å²) < 4.78 is 10.4. The Bertz CT molecular complexity index is 330. The van der Waals surface area contributed by atoms with Gasteiger partial charge in [0, 0.05) is 37.5 Å². The zero-order valence-electron chi connectivity index (χ0n) is 9.52. The highest BCUT2D eigenvalue weighted by molar-refractivity contribution is 7.09. The molecule has 0 amide bonds. The van der Waals surface area contributed by atoms with Crippen molar-refractivity contribution < 1.29 is 9.47 Å². The Morgan fingerprint density at radius 2 is 2.50 bits per heavy atom. The molecule has 2 atom stereocenters. The quantitative estimate of drug-likeness (QED) is 0.787. The summed E-state index contributed by atoms with van der Waals surface area (Å²) in [6.45, 7) is 2.16. The van der Waals surface area contributed by atoms with E-state index in [1.54, 1.807) is 18.4 Å². The van der Waals surface area contributed by atoms with Crippen LogP contribution in [0.1, 0.15) is 23.0 Å². The summed E-state index contributed by atoms with van der Waals surface area (Å²) in [6, 6.07) is 0.105. The molecule has 0 aromatic carbocycles. The van der Waals surface area contributed by atoms with Crippen molar-refractivity contribution >= 4 is 11.3 Å². The van der Waals surface area contributed by atoms with Crippen LogP contribution in [0.5, 0.6) is 0 Å². The number of methoxy groups -OCH3 is 1. The average Bonchev–Trinajstić information content (AvgIpc) is 2.87. The monoisotopic (exact) mass is 242 g/mol. The standard InChI is InChI=1S/C11H18N2O2S/c1-14-4-2-3-11-13-10(7-16-11)8-5-15-6-9(8)12/h7-9H,2-6,12H2,1H3. The summed E-state index contributed by atoms with van der Waals surface area (Å²) in [7, 11) is 1.72. The highest BCUT2D eigenvalue weighted by Gasteiger charge is 2.28. The van der Waals surface area contributed by atoms with Gasteiger partial charge in [-0.2, -0.15) is 0 Å². The van der Waals surface area contributed by atoms with Crippen molar-refractivity contribution in [3.05, 3.63) is 16.1 Å². The average molecular weight is 242 g/mol. The van der Waals surface area contributed by atoms with E-state index in [1.165, 1.54) is 5.01 Å². The largest absolute Gasteiger partial charge is 0.385 e. The Labute approximate surface area is 99.8 Å². The highest BCUT2D eigenvalue weighted by Crippen LogP contribution is 2.26. The van der Waals surface area contributed by atoms with Crippen molar-refractivity contribution in [3.8, 4) is 0 Å². The first-order valence-electron chi connectivity index (χ1n) is 5.58. The van der Waals surface area contributed by atoms with Gasteiger partial charge in [0.05, 0.1) is 23.9 Å². The van der Waals surface area contributed by atoms with Crippen molar-refractivity contribution in [1.29, 1.82) is 0 Å². The molecule has 1 saturated heterocycles. The summed E-state index contributed by atoms with van der Waals surface area (Å²) in [5, 5.41) is 3.28. The lowest BCUT2D eigenvalue weighted by Gasteiger charge is -2.09. The Kier molecular flexibility index (Phi) is 4.29. The molecule has 1 aliphatic rings. The lowest BCUT2D eigenvalue weighted by atomic mass is 10.0. The fourth-order valence-corrected chi connectivity index (χ4v) is 2.76. The zero-order valence-corrected chi connectivity index (χ0v) is 10.3. The lowest BCUT2D eigenvalue weighted by Crippen LogP contribution is -2.27. The molecule has 1 aromatic rings. The van der Waals surface area contributed by atoms with Gasteiger partial charge >= 0.3 is 0 Å². The number of thiazole rings is 1. The van der Waals surface area contributed by atoms with E-state index >= 15 is 0 Å². The van der Waals surface area contributed by atoms with Crippen LogP contribution in [0.15, 0.2) is 5.38 Å². The smallest absolute Gasteiger partial charge is 0.0929 e. The Hall–Kier alpha value is -0.490. The van der Waals surface area contributed by atoms with Crippen LogP contribution in [0.3, 0.4) is 0 Å². The molecule has 90 valence electrons. The van der Waals surface area contributed by atoms with E-state index in [2.05, 4.69) is 10.4 Å². The van der Waals surface area contributed by atoms with E-state index in [-0.39, 0.29) is 12.0 Å². The van der Waals surface area contributed by atoms with Crippen LogP contribution in [0.4, 0.5) is 0 Å². The van der Waals surface area contributed by atoms with Crippen molar-refractivity contribution in [3.63, 3.8) is 0 Å². The fraction of sp³-hybridized carbons (Fsp3) is 0.727. The minimum Gasteiger partial charge on any atom is -0.385 e. The minimum atomic E-state index is 0.105. The van der Waals surface area contributed by atoms with Gasteiger partial charge < -0.3 is 15.2 Å². The van der Waals surface area contributed by atoms with Crippen LogP contribution < -0.4 is 5.73 Å². The maximum Gasteiger partial charge on any atom is 0.0929 e. The number of aryl methyl sites for hydroxylation is 1. The molecule has 2 heterocycles. The van der Waals surface area contributed by atoms with Gasteiger partial charge in [-0.05, 0) is 6.42 Å². The molecule has 16 heavy (non-hydrogen) atoms. The molecule has 0 saturated carbocycles. The maximum absolute atomic E-state index is 5.96.